The lowest BCUT2D eigenvalue weighted by Crippen LogP contribution is -2.36. The number of carbonyl (C=O) groups is 1. The summed E-state index contributed by atoms with van der Waals surface area (Å²) in [6, 6.07) is 6.57. The summed E-state index contributed by atoms with van der Waals surface area (Å²) in [7, 11) is 0. The van der Waals surface area contributed by atoms with Gasteiger partial charge in [0, 0.05) is 43.6 Å². The number of pyridine rings is 1. The highest BCUT2D eigenvalue weighted by Gasteiger charge is 2.27. The van der Waals surface area contributed by atoms with Crippen LogP contribution in [-0.4, -0.2) is 38.2 Å². The Morgan fingerprint density at radius 2 is 2.17 bits per heavy atom. The summed E-state index contributed by atoms with van der Waals surface area (Å²) in [5.74, 6) is 0.261. The second-order valence-electron chi connectivity index (χ2n) is 6.70. The minimum absolute atomic E-state index is 0.261. The van der Waals surface area contributed by atoms with Crippen molar-refractivity contribution >= 4 is 5.91 Å². The normalized spacial score (nSPS) is 17.4. The smallest absolute Gasteiger partial charge is 0.224 e. The molecule has 0 N–H and O–H groups in total. The third-order valence-corrected chi connectivity index (χ3v) is 4.75. The minimum Gasteiger partial charge on any atom is -0.340 e. The van der Waals surface area contributed by atoms with Crippen molar-refractivity contribution in [3.8, 4) is 0 Å². The molecule has 3 rings (SSSR count). The predicted octanol–water partition coefficient (Wildman–Crippen LogP) is 2.91. The van der Waals surface area contributed by atoms with Gasteiger partial charge in [0.25, 0.3) is 0 Å². The number of likely N-dealkylation sites (tertiary alicyclic amines) is 1. The average molecular weight is 326 g/mol. The van der Waals surface area contributed by atoms with Crippen LogP contribution < -0.4 is 0 Å². The summed E-state index contributed by atoms with van der Waals surface area (Å²) in [6.07, 6.45) is 8.63. The third kappa shape index (κ3) is 4.22. The Morgan fingerprint density at radius 3 is 2.92 bits per heavy atom. The first-order chi connectivity index (χ1) is 11.6. The van der Waals surface area contributed by atoms with E-state index in [-0.39, 0.29) is 5.91 Å². The number of hydrogen-bond acceptors (Lipinski definition) is 3. The van der Waals surface area contributed by atoms with Crippen LogP contribution in [0.1, 0.15) is 42.6 Å². The molecule has 1 fully saturated rings. The summed E-state index contributed by atoms with van der Waals surface area (Å²) in [5.41, 5.74) is 3.37. The van der Waals surface area contributed by atoms with Crippen LogP contribution in [0.15, 0.2) is 30.6 Å². The lowest BCUT2D eigenvalue weighted by Gasteiger charge is -2.25. The van der Waals surface area contributed by atoms with Crippen molar-refractivity contribution in [2.75, 3.05) is 6.54 Å². The van der Waals surface area contributed by atoms with E-state index in [1.54, 1.807) is 0 Å². The lowest BCUT2D eigenvalue weighted by molar-refractivity contribution is -0.132. The molecule has 1 saturated heterocycles. The molecular formula is C19H26N4O. The van der Waals surface area contributed by atoms with Crippen molar-refractivity contribution in [3.63, 3.8) is 0 Å². The summed E-state index contributed by atoms with van der Waals surface area (Å²) < 4.78 is 1.86. The van der Waals surface area contributed by atoms with Crippen LogP contribution in [0.3, 0.4) is 0 Å². The second kappa shape index (κ2) is 7.60. The molecule has 128 valence electrons. The van der Waals surface area contributed by atoms with Crippen molar-refractivity contribution < 1.29 is 4.79 Å². The van der Waals surface area contributed by atoms with Crippen molar-refractivity contribution in [2.24, 2.45) is 0 Å². The summed E-state index contributed by atoms with van der Waals surface area (Å²) in [6.45, 7) is 5.55. The number of rotatable bonds is 6. The van der Waals surface area contributed by atoms with E-state index < -0.39 is 0 Å². The van der Waals surface area contributed by atoms with Crippen LogP contribution in [0.25, 0.3) is 0 Å². The van der Waals surface area contributed by atoms with Crippen molar-refractivity contribution in [1.82, 2.24) is 19.7 Å². The van der Waals surface area contributed by atoms with Gasteiger partial charge >= 0.3 is 0 Å². The van der Waals surface area contributed by atoms with E-state index in [1.165, 1.54) is 5.56 Å². The van der Waals surface area contributed by atoms with Crippen LogP contribution in [0, 0.1) is 13.8 Å². The van der Waals surface area contributed by atoms with Gasteiger partial charge < -0.3 is 4.90 Å². The van der Waals surface area contributed by atoms with Gasteiger partial charge in [0.1, 0.15) is 0 Å². The molecule has 1 atom stereocenters. The molecule has 24 heavy (non-hydrogen) atoms. The Bertz CT molecular complexity index is 694. The molecule has 0 bridgehead atoms. The summed E-state index contributed by atoms with van der Waals surface area (Å²) >= 11 is 0. The van der Waals surface area contributed by atoms with Crippen molar-refractivity contribution in [2.45, 2.75) is 58.5 Å². The van der Waals surface area contributed by atoms with E-state index in [2.05, 4.69) is 27.1 Å². The van der Waals surface area contributed by atoms with Gasteiger partial charge in [-0.2, -0.15) is 5.10 Å². The molecule has 5 heteroatoms. The molecule has 1 aliphatic rings. The fourth-order valence-electron chi connectivity index (χ4n) is 3.50. The van der Waals surface area contributed by atoms with E-state index in [1.807, 2.05) is 37.0 Å². The molecule has 0 radical (unpaired) electrons. The van der Waals surface area contributed by atoms with Crippen LogP contribution in [-0.2, 0) is 17.8 Å². The van der Waals surface area contributed by atoms with Crippen molar-refractivity contribution in [3.05, 3.63) is 47.5 Å². The quantitative estimate of drug-likeness (QED) is 0.820. The van der Waals surface area contributed by atoms with Crippen LogP contribution >= 0.6 is 0 Å². The largest absolute Gasteiger partial charge is 0.340 e. The summed E-state index contributed by atoms with van der Waals surface area (Å²) in [4.78, 5) is 18.9. The molecule has 2 aromatic rings. The number of aromatic nitrogens is 3. The van der Waals surface area contributed by atoms with Crippen molar-refractivity contribution in [1.29, 1.82) is 0 Å². The van der Waals surface area contributed by atoms with Gasteiger partial charge in [0.05, 0.1) is 5.69 Å². The van der Waals surface area contributed by atoms with Crippen LogP contribution in [0.5, 0.6) is 0 Å². The standard InChI is InChI=1S/C19H26N4O/c1-15-8-12-22(21-15)13-9-19(24)23-11-3-4-18(23)6-5-17-7-10-20-16(2)14-17/h7-8,10,12,14,18H,3-6,9,11,13H2,1-2H3. The van der Waals surface area contributed by atoms with E-state index in [9.17, 15) is 4.79 Å². The number of carbonyl (C=O) groups excluding carboxylic acids is 1. The Morgan fingerprint density at radius 1 is 1.29 bits per heavy atom. The maximum absolute atomic E-state index is 12.6. The van der Waals surface area contributed by atoms with E-state index in [4.69, 9.17) is 0 Å². The molecule has 2 aromatic heterocycles. The fourth-order valence-corrected chi connectivity index (χ4v) is 3.50. The number of hydrogen-bond donors (Lipinski definition) is 0. The highest BCUT2D eigenvalue weighted by atomic mass is 16.2. The Labute approximate surface area is 143 Å². The maximum Gasteiger partial charge on any atom is 0.224 e. The van der Waals surface area contributed by atoms with E-state index in [0.29, 0.717) is 19.0 Å². The molecule has 0 spiro atoms. The predicted molar refractivity (Wildman–Crippen MR) is 93.6 cm³/mol. The first-order valence-electron chi connectivity index (χ1n) is 8.83. The Hall–Kier alpha value is -2.17. The zero-order valence-corrected chi connectivity index (χ0v) is 14.6. The zero-order valence-electron chi connectivity index (χ0n) is 14.6. The zero-order chi connectivity index (χ0) is 16.9. The van der Waals surface area contributed by atoms with Gasteiger partial charge in [0.15, 0.2) is 0 Å². The number of nitrogens with zero attached hydrogens (tertiary/aromatic N) is 4. The maximum atomic E-state index is 12.6. The monoisotopic (exact) mass is 326 g/mol. The number of amides is 1. The fraction of sp³-hybridized carbons (Fsp3) is 0.526. The molecule has 0 aromatic carbocycles. The Kier molecular flexibility index (Phi) is 5.28. The topological polar surface area (TPSA) is 51.0 Å². The van der Waals surface area contributed by atoms with Gasteiger partial charge in [-0.1, -0.05) is 0 Å². The van der Waals surface area contributed by atoms with E-state index in [0.717, 1.165) is 43.6 Å². The average Bonchev–Trinajstić information content (AvgIpc) is 3.19. The van der Waals surface area contributed by atoms with Gasteiger partial charge in [0.2, 0.25) is 5.91 Å². The van der Waals surface area contributed by atoms with Gasteiger partial charge in [-0.05, 0) is 63.3 Å². The molecule has 1 aliphatic heterocycles. The molecule has 1 amide bonds. The highest BCUT2D eigenvalue weighted by Crippen LogP contribution is 2.23. The first-order valence-corrected chi connectivity index (χ1v) is 8.83. The third-order valence-electron chi connectivity index (χ3n) is 4.75. The molecule has 0 aliphatic carbocycles. The van der Waals surface area contributed by atoms with Gasteiger partial charge in [-0.25, -0.2) is 0 Å². The van der Waals surface area contributed by atoms with Gasteiger partial charge in [-0.15, -0.1) is 0 Å². The molecule has 3 heterocycles. The van der Waals surface area contributed by atoms with Gasteiger partial charge in [-0.3, -0.25) is 14.5 Å². The molecular weight excluding hydrogens is 300 g/mol. The second-order valence-corrected chi connectivity index (χ2v) is 6.70. The number of aryl methyl sites for hydroxylation is 4. The minimum atomic E-state index is 0.261. The van der Waals surface area contributed by atoms with Crippen LogP contribution in [0.4, 0.5) is 0 Å². The SMILES string of the molecule is Cc1cc(CCC2CCCN2C(=O)CCn2ccc(C)n2)ccn1. The lowest BCUT2D eigenvalue weighted by atomic mass is 10.0. The van der Waals surface area contributed by atoms with E-state index >= 15 is 0 Å². The highest BCUT2D eigenvalue weighted by molar-refractivity contribution is 5.76. The molecule has 1 unspecified atom stereocenters. The Balaban J connectivity index is 1.51. The summed E-state index contributed by atoms with van der Waals surface area (Å²) in [5, 5.41) is 4.35. The van der Waals surface area contributed by atoms with Crippen LogP contribution in [0.2, 0.25) is 0 Å². The molecule has 0 saturated carbocycles. The molecule has 5 nitrogen and oxygen atoms in total. The first kappa shape index (κ1) is 16.7.